The summed E-state index contributed by atoms with van der Waals surface area (Å²) in [6.45, 7) is 0. The van der Waals surface area contributed by atoms with Gasteiger partial charge in [-0.2, -0.15) is 12.1 Å². The van der Waals surface area contributed by atoms with E-state index in [1.807, 2.05) is 0 Å². The SMILES string of the molecule is Brc1ccc[c-]1C(c1ccccc1)c1ccccc1. The van der Waals surface area contributed by atoms with Gasteiger partial charge in [-0.1, -0.05) is 81.1 Å². The van der Waals surface area contributed by atoms with Crippen molar-refractivity contribution in [1.82, 2.24) is 0 Å². The van der Waals surface area contributed by atoms with Crippen LogP contribution >= 0.6 is 15.9 Å². The van der Waals surface area contributed by atoms with E-state index in [2.05, 4.69) is 94.8 Å². The monoisotopic (exact) mass is 309 g/mol. The number of hydrogen-bond acceptors (Lipinski definition) is 0. The third-order valence-electron chi connectivity index (χ3n) is 3.37. The van der Waals surface area contributed by atoms with Crippen molar-refractivity contribution in [1.29, 1.82) is 0 Å². The first-order valence-electron chi connectivity index (χ1n) is 6.37. The molecule has 0 aliphatic rings. The smallest absolute Gasteiger partial charge is 0.0101 e. The molecule has 0 fully saturated rings. The van der Waals surface area contributed by atoms with Gasteiger partial charge in [-0.05, 0) is 17.0 Å². The maximum absolute atomic E-state index is 3.66. The Morgan fingerprint density at radius 2 is 1.21 bits per heavy atom. The van der Waals surface area contributed by atoms with Crippen LogP contribution in [0.1, 0.15) is 22.6 Å². The van der Waals surface area contributed by atoms with Gasteiger partial charge in [0.25, 0.3) is 0 Å². The summed E-state index contributed by atoms with van der Waals surface area (Å²) in [6, 6.07) is 27.7. The largest absolute Gasteiger partial charge is 0.212 e. The van der Waals surface area contributed by atoms with Crippen LogP contribution < -0.4 is 0 Å². The van der Waals surface area contributed by atoms with Crippen LogP contribution in [0.25, 0.3) is 0 Å². The molecule has 3 rings (SSSR count). The third kappa shape index (κ3) is 2.52. The second-order valence-electron chi connectivity index (χ2n) is 4.58. The van der Waals surface area contributed by atoms with E-state index in [1.165, 1.54) is 21.2 Å². The lowest BCUT2D eigenvalue weighted by atomic mass is 9.86. The number of hydrogen-bond donors (Lipinski definition) is 0. The molecule has 0 atom stereocenters. The van der Waals surface area contributed by atoms with Crippen LogP contribution in [0, 0.1) is 0 Å². The van der Waals surface area contributed by atoms with Gasteiger partial charge in [-0.15, -0.1) is 5.56 Å². The quantitative estimate of drug-likeness (QED) is 0.572. The standard InChI is InChI=1S/C18H14Br/c19-17-13-7-12-16(17)18(14-8-3-1-4-9-14)15-10-5-2-6-11-15/h1-13,18H/q-1. The van der Waals surface area contributed by atoms with E-state index in [4.69, 9.17) is 0 Å². The lowest BCUT2D eigenvalue weighted by molar-refractivity contribution is 0.977. The first kappa shape index (κ1) is 12.3. The molecule has 0 saturated heterocycles. The van der Waals surface area contributed by atoms with Gasteiger partial charge >= 0.3 is 0 Å². The highest BCUT2D eigenvalue weighted by atomic mass is 79.9. The Labute approximate surface area is 122 Å². The van der Waals surface area contributed by atoms with E-state index in [0.717, 1.165) is 0 Å². The van der Waals surface area contributed by atoms with E-state index in [-0.39, 0.29) is 5.92 Å². The predicted octanol–water partition coefficient (Wildman–Crippen LogP) is 5.35. The summed E-state index contributed by atoms with van der Waals surface area (Å²) in [6.07, 6.45) is 0. The Morgan fingerprint density at radius 3 is 1.63 bits per heavy atom. The molecule has 0 unspecified atom stereocenters. The van der Waals surface area contributed by atoms with Crippen molar-refractivity contribution in [2.75, 3.05) is 0 Å². The molecule has 0 heterocycles. The maximum Gasteiger partial charge on any atom is -0.0101 e. The van der Waals surface area contributed by atoms with E-state index in [9.17, 15) is 0 Å². The van der Waals surface area contributed by atoms with Gasteiger partial charge in [0, 0.05) is 0 Å². The van der Waals surface area contributed by atoms with Gasteiger partial charge in [0.2, 0.25) is 0 Å². The molecule has 1 heteroatoms. The first-order valence-corrected chi connectivity index (χ1v) is 7.16. The van der Waals surface area contributed by atoms with Crippen LogP contribution in [0.15, 0.2) is 83.3 Å². The number of halogens is 1. The summed E-state index contributed by atoms with van der Waals surface area (Å²) >= 11 is 3.66. The van der Waals surface area contributed by atoms with Gasteiger partial charge < -0.3 is 0 Å². The second-order valence-corrected chi connectivity index (χ2v) is 5.44. The Bertz CT molecular complexity index is 598. The predicted molar refractivity (Wildman–Crippen MR) is 83.6 cm³/mol. The molecule has 0 aliphatic carbocycles. The molecule has 0 amide bonds. The van der Waals surface area contributed by atoms with Crippen molar-refractivity contribution in [2.24, 2.45) is 0 Å². The molecular formula is C18H14Br-. The van der Waals surface area contributed by atoms with Gasteiger partial charge in [-0.3, -0.25) is 0 Å². The molecular weight excluding hydrogens is 296 g/mol. The fourth-order valence-corrected chi connectivity index (χ4v) is 3.00. The summed E-state index contributed by atoms with van der Waals surface area (Å²) in [5.74, 6) is 0.284. The third-order valence-corrected chi connectivity index (χ3v) is 4.09. The zero-order valence-electron chi connectivity index (χ0n) is 10.5. The first-order chi connectivity index (χ1) is 9.36. The minimum atomic E-state index is 0.284. The van der Waals surface area contributed by atoms with Crippen LogP contribution in [0.4, 0.5) is 0 Å². The highest BCUT2D eigenvalue weighted by Crippen LogP contribution is 2.36. The fraction of sp³-hybridized carbons (Fsp3) is 0.0556. The molecule has 0 spiro atoms. The normalized spacial score (nSPS) is 10.8. The van der Waals surface area contributed by atoms with E-state index >= 15 is 0 Å². The Morgan fingerprint density at radius 1 is 0.684 bits per heavy atom. The van der Waals surface area contributed by atoms with E-state index < -0.39 is 0 Å². The minimum Gasteiger partial charge on any atom is -0.212 e. The Hall–Kier alpha value is -1.73. The fourth-order valence-electron chi connectivity index (χ4n) is 2.49. The summed E-state index contributed by atoms with van der Waals surface area (Å²) < 4.78 is 1.17. The van der Waals surface area contributed by atoms with Gasteiger partial charge in [0.1, 0.15) is 0 Å². The highest BCUT2D eigenvalue weighted by Gasteiger charge is 2.13. The lowest BCUT2D eigenvalue weighted by Crippen LogP contribution is -2.02. The number of benzene rings is 2. The van der Waals surface area contributed by atoms with Gasteiger partial charge in [0.05, 0.1) is 0 Å². The van der Waals surface area contributed by atoms with Crippen LogP contribution in [-0.4, -0.2) is 0 Å². The van der Waals surface area contributed by atoms with Crippen LogP contribution in [0.2, 0.25) is 0 Å². The molecule has 19 heavy (non-hydrogen) atoms. The van der Waals surface area contributed by atoms with Crippen LogP contribution in [0.3, 0.4) is 0 Å². The Kier molecular flexibility index (Phi) is 3.56. The minimum absolute atomic E-state index is 0.284. The zero-order chi connectivity index (χ0) is 13.1. The van der Waals surface area contributed by atoms with Gasteiger partial charge in [-0.25, -0.2) is 6.07 Å². The highest BCUT2D eigenvalue weighted by molar-refractivity contribution is 9.10. The molecule has 0 aromatic heterocycles. The molecule has 3 aromatic carbocycles. The zero-order valence-corrected chi connectivity index (χ0v) is 12.0. The van der Waals surface area contributed by atoms with Crippen molar-refractivity contribution < 1.29 is 0 Å². The van der Waals surface area contributed by atoms with Crippen molar-refractivity contribution >= 4 is 15.9 Å². The molecule has 0 bridgehead atoms. The van der Waals surface area contributed by atoms with Crippen molar-refractivity contribution in [3.05, 3.63) is 100 Å². The molecule has 0 saturated carbocycles. The summed E-state index contributed by atoms with van der Waals surface area (Å²) in [5, 5.41) is 0. The van der Waals surface area contributed by atoms with Crippen molar-refractivity contribution in [2.45, 2.75) is 5.92 Å². The molecule has 0 radical (unpaired) electrons. The average Bonchev–Trinajstić information content (AvgIpc) is 2.88. The maximum atomic E-state index is 3.66. The number of rotatable bonds is 3. The topological polar surface area (TPSA) is 0 Å². The van der Waals surface area contributed by atoms with E-state index in [0.29, 0.717) is 0 Å². The van der Waals surface area contributed by atoms with Gasteiger partial charge in [0.15, 0.2) is 0 Å². The Balaban J connectivity index is 2.15. The molecule has 0 N–H and O–H groups in total. The van der Waals surface area contributed by atoms with Crippen LogP contribution in [0.5, 0.6) is 0 Å². The molecule has 94 valence electrons. The summed E-state index contributed by atoms with van der Waals surface area (Å²) in [5.41, 5.74) is 3.96. The summed E-state index contributed by atoms with van der Waals surface area (Å²) in [4.78, 5) is 0. The van der Waals surface area contributed by atoms with Crippen molar-refractivity contribution in [3.8, 4) is 0 Å². The molecule has 0 aliphatic heterocycles. The van der Waals surface area contributed by atoms with E-state index in [1.54, 1.807) is 0 Å². The molecule has 3 aromatic rings. The average molecular weight is 310 g/mol. The molecule has 0 nitrogen and oxygen atoms in total. The lowest BCUT2D eigenvalue weighted by Gasteiger charge is -2.22. The van der Waals surface area contributed by atoms with Crippen LogP contribution in [-0.2, 0) is 0 Å². The summed E-state index contributed by atoms with van der Waals surface area (Å²) in [7, 11) is 0. The second kappa shape index (κ2) is 5.50. The van der Waals surface area contributed by atoms with Crippen molar-refractivity contribution in [3.63, 3.8) is 0 Å².